The first-order valence-corrected chi connectivity index (χ1v) is 12.1. The number of carbonyl (C=O) groups excluding carboxylic acids is 3. The van der Waals surface area contributed by atoms with Gasteiger partial charge in [0.15, 0.2) is 0 Å². The van der Waals surface area contributed by atoms with Gasteiger partial charge in [-0.15, -0.1) is 0 Å². The average Bonchev–Trinajstić information content (AvgIpc) is 2.92. The molecule has 0 unspecified atom stereocenters. The van der Waals surface area contributed by atoms with Crippen molar-refractivity contribution in [3.05, 3.63) is 108 Å². The predicted octanol–water partition coefficient (Wildman–Crippen LogP) is 3.58. The number of hydrogen-bond donors (Lipinski definition) is 2. The van der Waals surface area contributed by atoms with Crippen LogP contribution >= 0.6 is 0 Å². The molecule has 3 aromatic rings. The fourth-order valence-electron chi connectivity index (χ4n) is 4.47. The molecule has 1 aliphatic heterocycles. The average molecular weight is 470 g/mol. The highest BCUT2D eigenvalue weighted by atomic mass is 16.2. The summed E-state index contributed by atoms with van der Waals surface area (Å²) in [5, 5.41) is 5.95. The van der Waals surface area contributed by atoms with E-state index < -0.39 is 6.04 Å². The van der Waals surface area contributed by atoms with Crippen molar-refractivity contribution in [1.29, 1.82) is 0 Å². The molecule has 180 valence electrons. The third kappa shape index (κ3) is 6.79. The van der Waals surface area contributed by atoms with Crippen LogP contribution in [0.5, 0.6) is 0 Å². The van der Waals surface area contributed by atoms with Gasteiger partial charge in [0.2, 0.25) is 11.8 Å². The molecular weight excluding hydrogens is 438 g/mol. The molecule has 0 saturated carbocycles. The van der Waals surface area contributed by atoms with E-state index in [1.54, 1.807) is 24.3 Å². The summed E-state index contributed by atoms with van der Waals surface area (Å²) >= 11 is 0. The number of amides is 3. The third-order valence-electron chi connectivity index (χ3n) is 6.48. The summed E-state index contributed by atoms with van der Waals surface area (Å²) in [5.41, 5.74) is 2.51. The van der Waals surface area contributed by atoms with E-state index >= 15 is 0 Å². The van der Waals surface area contributed by atoms with Crippen molar-refractivity contribution >= 4 is 17.7 Å². The third-order valence-corrected chi connectivity index (χ3v) is 6.48. The van der Waals surface area contributed by atoms with E-state index in [1.807, 2.05) is 71.6 Å². The van der Waals surface area contributed by atoms with Crippen LogP contribution < -0.4 is 10.6 Å². The summed E-state index contributed by atoms with van der Waals surface area (Å²) in [7, 11) is 0. The van der Waals surface area contributed by atoms with Gasteiger partial charge in [0.25, 0.3) is 5.91 Å². The van der Waals surface area contributed by atoms with Gasteiger partial charge in [-0.05, 0) is 42.0 Å². The quantitative estimate of drug-likeness (QED) is 0.529. The zero-order valence-electron chi connectivity index (χ0n) is 19.7. The fourth-order valence-corrected chi connectivity index (χ4v) is 4.47. The SMILES string of the molecule is O=C(N[C@@H](C(=O)NCc1ccccc1)C1CCN(C(=O)Cc2ccccc2)CC1)c1ccccc1. The van der Waals surface area contributed by atoms with Crippen LogP contribution in [0.25, 0.3) is 0 Å². The van der Waals surface area contributed by atoms with E-state index in [1.165, 1.54) is 0 Å². The van der Waals surface area contributed by atoms with Crippen molar-refractivity contribution in [3.8, 4) is 0 Å². The number of hydrogen-bond acceptors (Lipinski definition) is 3. The number of nitrogens with one attached hydrogen (secondary N) is 2. The number of nitrogens with zero attached hydrogens (tertiary/aromatic N) is 1. The minimum Gasteiger partial charge on any atom is -0.350 e. The highest BCUT2D eigenvalue weighted by Crippen LogP contribution is 2.22. The number of likely N-dealkylation sites (tertiary alicyclic amines) is 1. The predicted molar refractivity (Wildman–Crippen MR) is 135 cm³/mol. The summed E-state index contributed by atoms with van der Waals surface area (Å²) in [5.74, 6) is -0.437. The van der Waals surface area contributed by atoms with Gasteiger partial charge < -0.3 is 15.5 Å². The lowest BCUT2D eigenvalue weighted by molar-refractivity contribution is -0.132. The van der Waals surface area contributed by atoms with Crippen molar-refractivity contribution in [2.75, 3.05) is 13.1 Å². The second-order valence-corrected chi connectivity index (χ2v) is 8.90. The molecule has 0 spiro atoms. The molecule has 1 heterocycles. The maximum Gasteiger partial charge on any atom is 0.251 e. The number of piperidine rings is 1. The second kappa shape index (κ2) is 12.0. The van der Waals surface area contributed by atoms with E-state index in [2.05, 4.69) is 10.6 Å². The molecule has 35 heavy (non-hydrogen) atoms. The van der Waals surface area contributed by atoms with Gasteiger partial charge >= 0.3 is 0 Å². The zero-order valence-corrected chi connectivity index (χ0v) is 19.7. The molecule has 6 nitrogen and oxygen atoms in total. The maximum absolute atomic E-state index is 13.2. The van der Waals surface area contributed by atoms with E-state index in [0.29, 0.717) is 44.5 Å². The fraction of sp³-hybridized carbons (Fsp3) is 0.276. The van der Waals surface area contributed by atoms with E-state index in [-0.39, 0.29) is 23.6 Å². The van der Waals surface area contributed by atoms with Crippen LogP contribution in [-0.4, -0.2) is 41.8 Å². The first-order chi connectivity index (χ1) is 17.1. The standard InChI is InChI=1S/C29H31N3O3/c33-26(20-22-10-4-1-5-11-22)32-18-16-24(17-19-32)27(31-28(34)25-14-8-3-9-15-25)29(35)30-21-23-12-6-2-7-13-23/h1-15,24,27H,16-21H2,(H,30,35)(H,31,34)/t27-/m1/s1. The summed E-state index contributed by atoms with van der Waals surface area (Å²) in [4.78, 5) is 40.8. The Kier molecular flexibility index (Phi) is 8.28. The maximum atomic E-state index is 13.2. The van der Waals surface area contributed by atoms with Crippen LogP contribution in [0.3, 0.4) is 0 Å². The van der Waals surface area contributed by atoms with Gasteiger partial charge in [-0.2, -0.15) is 0 Å². The summed E-state index contributed by atoms with van der Waals surface area (Å²) < 4.78 is 0. The van der Waals surface area contributed by atoms with Gasteiger partial charge in [0, 0.05) is 25.2 Å². The number of carbonyl (C=O) groups is 3. The van der Waals surface area contributed by atoms with Crippen LogP contribution in [0.4, 0.5) is 0 Å². The van der Waals surface area contributed by atoms with Crippen molar-refractivity contribution in [3.63, 3.8) is 0 Å². The van der Waals surface area contributed by atoms with Gasteiger partial charge in [-0.3, -0.25) is 14.4 Å². The topological polar surface area (TPSA) is 78.5 Å². The molecule has 1 aliphatic rings. The normalized spacial score (nSPS) is 14.7. The Morgan fingerprint density at radius 1 is 0.771 bits per heavy atom. The molecule has 1 atom stereocenters. The Labute approximate surface area is 206 Å². The molecule has 0 aliphatic carbocycles. The Morgan fingerprint density at radius 2 is 1.31 bits per heavy atom. The van der Waals surface area contributed by atoms with Crippen LogP contribution in [0.1, 0.15) is 34.3 Å². The molecular formula is C29H31N3O3. The van der Waals surface area contributed by atoms with Gasteiger partial charge in [-0.25, -0.2) is 0 Å². The van der Waals surface area contributed by atoms with Crippen LogP contribution in [-0.2, 0) is 22.6 Å². The van der Waals surface area contributed by atoms with Crippen molar-refractivity contribution in [2.45, 2.75) is 31.8 Å². The van der Waals surface area contributed by atoms with Crippen molar-refractivity contribution < 1.29 is 14.4 Å². The van der Waals surface area contributed by atoms with Crippen molar-refractivity contribution in [2.24, 2.45) is 5.92 Å². The molecule has 2 N–H and O–H groups in total. The van der Waals surface area contributed by atoms with Crippen LogP contribution in [0.2, 0.25) is 0 Å². The molecule has 1 fully saturated rings. The lowest BCUT2D eigenvalue weighted by Gasteiger charge is -2.36. The van der Waals surface area contributed by atoms with Gasteiger partial charge in [-0.1, -0.05) is 78.9 Å². The zero-order chi connectivity index (χ0) is 24.5. The molecule has 6 heteroatoms. The summed E-state index contributed by atoms with van der Waals surface area (Å²) in [6.45, 7) is 1.53. The monoisotopic (exact) mass is 469 g/mol. The summed E-state index contributed by atoms with van der Waals surface area (Å²) in [6, 6.07) is 27.7. The minimum atomic E-state index is -0.669. The smallest absolute Gasteiger partial charge is 0.251 e. The molecule has 3 amide bonds. The Morgan fingerprint density at radius 3 is 1.91 bits per heavy atom. The molecule has 1 saturated heterocycles. The van der Waals surface area contributed by atoms with Crippen molar-refractivity contribution in [1.82, 2.24) is 15.5 Å². The highest BCUT2D eigenvalue weighted by molar-refractivity contribution is 5.97. The highest BCUT2D eigenvalue weighted by Gasteiger charge is 2.34. The minimum absolute atomic E-state index is 0.0563. The molecule has 0 radical (unpaired) electrons. The summed E-state index contributed by atoms with van der Waals surface area (Å²) in [6.07, 6.45) is 1.68. The lowest BCUT2D eigenvalue weighted by Crippen LogP contribution is -2.53. The largest absolute Gasteiger partial charge is 0.350 e. The number of rotatable bonds is 8. The first-order valence-electron chi connectivity index (χ1n) is 12.1. The Bertz CT molecular complexity index is 1110. The second-order valence-electron chi connectivity index (χ2n) is 8.90. The van der Waals surface area contributed by atoms with E-state index in [9.17, 15) is 14.4 Å². The molecule has 0 aromatic heterocycles. The van der Waals surface area contributed by atoms with Crippen LogP contribution in [0, 0.1) is 5.92 Å². The molecule has 3 aromatic carbocycles. The van der Waals surface area contributed by atoms with Gasteiger partial charge in [0.05, 0.1) is 6.42 Å². The lowest BCUT2D eigenvalue weighted by atomic mass is 9.88. The Balaban J connectivity index is 1.40. The first kappa shape index (κ1) is 24.2. The molecule has 4 rings (SSSR count). The van der Waals surface area contributed by atoms with Gasteiger partial charge in [0.1, 0.15) is 6.04 Å². The van der Waals surface area contributed by atoms with E-state index in [0.717, 1.165) is 11.1 Å². The van der Waals surface area contributed by atoms with Crippen LogP contribution in [0.15, 0.2) is 91.0 Å². The number of benzene rings is 3. The Hall–Kier alpha value is -3.93. The molecule has 0 bridgehead atoms. The van der Waals surface area contributed by atoms with E-state index in [4.69, 9.17) is 0 Å².